The highest BCUT2D eigenvalue weighted by Crippen LogP contribution is 2.31. The molecule has 0 saturated carbocycles. The van der Waals surface area contributed by atoms with E-state index >= 15 is 0 Å². The molecule has 2 aromatic carbocycles. The Morgan fingerprint density at radius 1 is 1.14 bits per heavy atom. The van der Waals surface area contributed by atoms with Gasteiger partial charge in [0.1, 0.15) is 11.6 Å². The van der Waals surface area contributed by atoms with Crippen molar-refractivity contribution in [2.24, 2.45) is 0 Å². The molecule has 21 heavy (non-hydrogen) atoms. The van der Waals surface area contributed by atoms with E-state index in [9.17, 15) is 4.39 Å². The predicted molar refractivity (Wildman–Crippen MR) is 90.3 cm³/mol. The Labute approximate surface area is 141 Å². The van der Waals surface area contributed by atoms with Crippen molar-refractivity contribution in [2.45, 2.75) is 12.5 Å². The number of nitrogens with one attached hydrogen (secondary N) is 1. The molecule has 0 bridgehead atoms. The molecule has 0 heterocycles. The van der Waals surface area contributed by atoms with Gasteiger partial charge in [0.15, 0.2) is 0 Å². The Balaban J connectivity index is 2.34. The van der Waals surface area contributed by atoms with E-state index in [1.165, 1.54) is 6.07 Å². The number of hydrogen-bond acceptors (Lipinski definition) is 2. The highest BCUT2D eigenvalue weighted by Gasteiger charge is 2.17. The lowest BCUT2D eigenvalue weighted by Gasteiger charge is -2.20. The molecule has 0 fully saturated rings. The fraction of sp³-hybridized carbons (Fsp3) is 0.250. The smallest absolute Gasteiger partial charge is 0.126 e. The summed E-state index contributed by atoms with van der Waals surface area (Å²) < 4.78 is 21.2. The summed E-state index contributed by atoms with van der Waals surface area (Å²) in [6, 6.07) is 10.8. The van der Waals surface area contributed by atoms with Crippen molar-refractivity contribution in [3.63, 3.8) is 0 Å². The quantitative estimate of drug-likeness (QED) is 0.751. The lowest BCUT2D eigenvalue weighted by atomic mass is 9.98. The summed E-state index contributed by atoms with van der Waals surface area (Å²) in [6.45, 7) is 0. The van der Waals surface area contributed by atoms with E-state index in [1.807, 2.05) is 31.3 Å². The Bertz CT molecular complexity index is 634. The largest absolute Gasteiger partial charge is 0.496 e. The van der Waals surface area contributed by atoms with Crippen molar-refractivity contribution in [2.75, 3.05) is 14.2 Å². The third-order valence-corrected chi connectivity index (χ3v) is 4.34. The number of methoxy groups -OCH3 is 1. The Kier molecular flexibility index (Phi) is 5.79. The van der Waals surface area contributed by atoms with Crippen LogP contribution in [0.5, 0.6) is 5.75 Å². The second kappa shape index (κ2) is 7.38. The van der Waals surface area contributed by atoms with Gasteiger partial charge >= 0.3 is 0 Å². The third kappa shape index (κ3) is 4.05. The molecule has 0 aliphatic carbocycles. The fourth-order valence-electron chi connectivity index (χ4n) is 2.26. The number of rotatable bonds is 5. The van der Waals surface area contributed by atoms with Crippen molar-refractivity contribution < 1.29 is 9.13 Å². The van der Waals surface area contributed by atoms with E-state index in [1.54, 1.807) is 13.2 Å². The van der Waals surface area contributed by atoms with Crippen molar-refractivity contribution in [1.29, 1.82) is 0 Å². The molecule has 0 aliphatic rings. The maximum atomic E-state index is 13.9. The molecule has 2 rings (SSSR count). The van der Waals surface area contributed by atoms with Crippen molar-refractivity contribution >= 4 is 31.9 Å². The lowest BCUT2D eigenvalue weighted by molar-refractivity contribution is 0.400. The zero-order valence-corrected chi connectivity index (χ0v) is 15.0. The highest BCUT2D eigenvalue weighted by atomic mass is 79.9. The van der Waals surface area contributed by atoms with Crippen LogP contribution in [0.25, 0.3) is 0 Å². The molecule has 5 heteroatoms. The minimum Gasteiger partial charge on any atom is -0.496 e. The molecule has 0 aliphatic heterocycles. The van der Waals surface area contributed by atoms with Gasteiger partial charge in [0.05, 0.1) is 7.11 Å². The Morgan fingerprint density at radius 3 is 2.48 bits per heavy atom. The summed E-state index contributed by atoms with van der Waals surface area (Å²) in [7, 11) is 3.50. The average molecular weight is 417 g/mol. The second-order valence-electron chi connectivity index (χ2n) is 4.67. The van der Waals surface area contributed by atoms with Crippen molar-refractivity contribution in [3.8, 4) is 5.75 Å². The van der Waals surface area contributed by atoms with Crippen LogP contribution in [0.3, 0.4) is 0 Å². The molecule has 1 N–H and O–H groups in total. The van der Waals surface area contributed by atoms with E-state index in [2.05, 4.69) is 37.2 Å². The van der Waals surface area contributed by atoms with Crippen molar-refractivity contribution in [3.05, 3.63) is 62.3 Å². The first-order chi connectivity index (χ1) is 10.0. The van der Waals surface area contributed by atoms with Crippen LogP contribution < -0.4 is 10.1 Å². The van der Waals surface area contributed by atoms with E-state index in [4.69, 9.17) is 4.74 Å². The van der Waals surface area contributed by atoms with E-state index in [0.717, 1.165) is 20.3 Å². The molecule has 0 spiro atoms. The van der Waals surface area contributed by atoms with Crippen LogP contribution in [-0.4, -0.2) is 14.2 Å². The number of benzene rings is 2. The first-order valence-corrected chi connectivity index (χ1v) is 8.08. The van der Waals surface area contributed by atoms with Gasteiger partial charge < -0.3 is 10.1 Å². The maximum Gasteiger partial charge on any atom is 0.126 e. The van der Waals surface area contributed by atoms with Gasteiger partial charge in [-0.05, 0) is 49.4 Å². The average Bonchev–Trinajstić information content (AvgIpc) is 2.48. The monoisotopic (exact) mass is 415 g/mol. The predicted octanol–water partition coefficient (Wildman–Crippen LogP) is 4.86. The van der Waals surface area contributed by atoms with Crippen LogP contribution in [0.2, 0.25) is 0 Å². The Morgan fingerprint density at radius 2 is 1.81 bits per heavy atom. The Hall–Kier alpha value is -0.910. The molecule has 1 unspecified atom stereocenters. The van der Waals surface area contributed by atoms with Crippen LogP contribution in [0.15, 0.2) is 45.3 Å². The van der Waals surface area contributed by atoms with Crippen LogP contribution in [0.4, 0.5) is 4.39 Å². The van der Waals surface area contributed by atoms with E-state index in [0.29, 0.717) is 12.0 Å². The standard InChI is InChI=1S/C16H16Br2FNO/c1-20-15(8-10-7-11(17)4-6-14(10)19)13-5-3-12(18)9-16(13)21-2/h3-7,9,15,20H,8H2,1-2H3. The molecule has 0 radical (unpaired) electrons. The molecule has 0 aromatic heterocycles. The van der Waals surface area contributed by atoms with Crippen LogP contribution >= 0.6 is 31.9 Å². The normalized spacial score (nSPS) is 12.2. The number of halogens is 3. The van der Waals surface area contributed by atoms with Crippen LogP contribution in [0.1, 0.15) is 17.2 Å². The molecule has 0 amide bonds. The molecule has 1 atom stereocenters. The molecule has 2 nitrogen and oxygen atoms in total. The minimum atomic E-state index is -0.200. The SMILES string of the molecule is CNC(Cc1cc(Br)ccc1F)c1ccc(Br)cc1OC. The second-order valence-corrected chi connectivity index (χ2v) is 6.50. The van der Waals surface area contributed by atoms with Gasteiger partial charge in [-0.15, -0.1) is 0 Å². The zero-order chi connectivity index (χ0) is 15.4. The van der Waals surface area contributed by atoms with Gasteiger partial charge in [-0.1, -0.05) is 37.9 Å². The van der Waals surface area contributed by atoms with Gasteiger partial charge in [-0.3, -0.25) is 0 Å². The van der Waals surface area contributed by atoms with Crippen LogP contribution in [-0.2, 0) is 6.42 Å². The van der Waals surface area contributed by atoms with Crippen molar-refractivity contribution in [1.82, 2.24) is 5.32 Å². The van der Waals surface area contributed by atoms with Gasteiger partial charge in [-0.25, -0.2) is 4.39 Å². The molecule has 0 saturated heterocycles. The third-order valence-electron chi connectivity index (χ3n) is 3.35. The number of likely N-dealkylation sites (N-methyl/N-ethyl adjacent to an activating group) is 1. The number of ether oxygens (including phenoxy) is 1. The molecular weight excluding hydrogens is 401 g/mol. The van der Waals surface area contributed by atoms with Crippen LogP contribution in [0, 0.1) is 5.82 Å². The molecule has 2 aromatic rings. The topological polar surface area (TPSA) is 21.3 Å². The van der Waals surface area contributed by atoms with Gasteiger partial charge in [0.2, 0.25) is 0 Å². The lowest BCUT2D eigenvalue weighted by Crippen LogP contribution is -2.20. The van der Waals surface area contributed by atoms with Gasteiger partial charge in [0.25, 0.3) is 0 Å². The fourth-order valence-corrected chi connectivity index (χ4v) is 3.01. The summed E-state index contributed by atoms with van der Waals surface area (Å²) in [5, 5.41) is 3.23. The van der Waals surface area contributed by atoms with E-state index < -0.39 is 0 Å². The first-order valence-electron chi connectivity index (χ1n) is 6.49. The van der Waals surface area contributed by atoms with Gasteiger partial charge in [-0.2, -0.15) is 0 Å². The summed E-state index contributed by atoms with van der Waals surface area (Å²) >= 11 is 6.81. The highest BCUT2D eigenvalue weighted by molar-refractivity contribution is 9.10. The van der Waals surface area contributed by atoms with Gasteiger partial charge in [0, 0.05) is 20.6 Å². The summed E-state index contributed by atoms with van der Waals surface area (Å²) in [5.74, 6) is 0.577. The first kappa shape index (κ1) is 16.5. The minimum absolute atomic E-state index is 0.0307. The molecular formula is C16H16Br2FNO. The zero-order valence-electron chi connectivity index (χ0n) is 11.8. The summed E-state index contributed by atoms with van der Waals surface area (Å²) in [6.07, 6.45) is 0.541. The summed E-state index contributed by atoms with van der Waals surface area (Å²) in [5.41, 5.74) is 1.66. The maximum absolute atomic E-state index is 13.9. The number of hydrogen-bond donors (Lipinski definition) is 1. The molecule has 112 valence electrons. The van der Waals surface area contributed by atoms with E-state index in [-0.39, 0.29) is 11.9 Å². The summed E-state index contributed by atoms with van der Waals surface area (Å²) in [4.78, 5) is 0.